The van der Waals surface area contributed by atoms with Gasteiger partial charge in [0.2, 0.25) is 0 Å². The molecule has 0 saturated carbocycles. The summed E-state index contributed by atoms with van der Waals surface area (Å²) in [5.74, 6) is 0. The first kappa shape index (κ1) is 22.6. The van der Waals surface area contributed by atoms with Crippen LogP contribution in [0.4, 0.5) is 0 Å². The Kier molecular flexibility index (Phi) is 5.65. The van der Waals surface area contributed by atoms with Crippen molar-refractivity contribution < 1.29 is 0 Å². The summed E-state index contributed by atoms with van der Waals surface area (Å²) < 4.78 is 1.22. The van der Waals surface area contributed by atoms with Gasteiger partial charge in [0, 0.05) is 16.6 Å². The van der Waals surface area contributed by atoms with Crippen molar-refractivity contribution in [1.29, 1.82) is 0 Å². The summed E-state index contributed by atoms with van der Waals surface area (Å²) in [5, 5.41) is 1.25. The zero-order valence-electron chi connectivity index (χ0n) is 20.9. The summed E-state index contributed by atoms with van der Waals surface area (Å²) in [4.78, 5) is 6.11. The molecule has 5 aromatic rings. The van der Waals surface area contributed by atoms with Crippen LogP contribution in [0.25, 0.3) is 42.9 Å². The number of hydrogen-bond acceptors (Lipinski definition) is 2. The highest BCUT2D eigenvalue weighted by Gasteiger charge is 2.16. The van der Waals surface area contributed by atoms with Crippen molar-refractivity contribution in [2.45, 2.75) is 47.0 Å². The molecule has 0 unspecified atom stereocenters. The second kappa shape index (κ2) is 8.52. The van der Waals surface area contributed by atoms with Crippen LogP contribution in [0, 0.1) is 20.8 Å². The van der Waals surface area contributed by atoms with E-state index in [1.54, 1.807) is 0 Å². The minimum atomic E-state index is 0.114. The standard InChI is InChI=1S/C32H31NS/c1-20-14-25(16-27(15-20)32(4,5)6)28-17-26-18-29(34-30(26)19-33-28)23-10-12-24(13-11-23)31-21(2)8-7-9-22(31)3/h7-19H,1-6H3. The van der Waals surface area contributed by atoms with Gasteiger partial charge in [-0.2, -0.15) is 0 Å². The molecule has 0 spiro atoms. The maximum Gasteiger partial charge on any atom is 0.0709 e. The maximum absolute atomic E-state index is 4.83. The first-order valence-electron chi connectivity index (χ1n) is 11.9. The van der Waals surface area contributed by atoms with E-state index in [2.05, 4.69) is 114 Å². The van der Waals surface area contributed by atoms with E-state index in [9.17, 15) is 0 Å². The lowest BCUT2D eigenvalue weighted by atomic mass is 9.85. The Morgan fingerprint density at radius 3 is 2.06 bits per heavy atom. The highest BCUT2D eigenvalue weighted by Crippen LogP contribution is 2.37. The zero-order valence-corrected chi connectivity index (χ0v) is 21.7. The number of nitrogens with zero attached hydrogens (tertiary/aromatic N) is 1. The number of hydrogen-bond donors (Lipinski definition) is 0. The average Bonchev–Trinajstić information content (AvgIpc) is 3.22. The van der Waals surface area contributed by atoms with E-state index in [1.807, 2.05) is 17.5 Å². The smallest absolute Gasteiger partial charge is 0.0709 e. The number of rotatable bonds is 3. The van der Waals surface area contributed by atoms with Gasteiger partial charge in [-0.25, -0.2) is 0 Å². The molecule has 0 aliphatic heterocycles. The Morgan fingerprint density at radius 1 is 0.706 bits per heavy atom. The molecule has 0 radical (unpaired) electrons. The number of thiophene rings is 1. The Labute approximate surface area is 207 Å². The number of pyridine rings is 1. The van der Waals surface area contributed by atoms with Crippen LogP contribution in [-0.2, 0) is 5.41 Å². The molecule has 2 heteroatoms. The van der Waals surface area contributed by atoms with Crippen LogP contribution >= 0.6 is 11.3 Å². The minimum Gasteiger partial charge on any atom is -0.255 e. The van der Waals surface area contributed by atoms with Gasteiger partial charge in [0.25, 0.3) is 0 Å². The van der Waals surface area contributed by atoms with Crippen molar-refractivity contribution in [2.75, 3.05) is 0 Å². The number of aromatic nitrogens is 1. The zero-order chi connectivity index (χ0) is 24.0. The third kappa shape index (κ3) is 4.31. The molecule has 1 nitrogen and oxygen atoms in total. The predicted molar refractivity (Wildman–Crippen MR) is 149 cm³/mol. The predicted octanol–water partition coefficient (Wildman–Crippen LogP) is 9.52. The number of aryl methyl sites for hydroxylation is 3. The van der Waals surface area contributed by atoms with Crippen molar-refractivity contribution in [3.63, 3.8) is 0 Å². The number of fused-ring (bicyclic) bond motifs is 1. The van der Waals surface area contributed by atoms with Crippen LogP contribution in [-0.4, -0.2) is 4.98 Å². The van der Waals surface area contributed by atoms with Crippen LogP contribution < -0.4 is 0 Å². The maximum atomic E-state index is 4.83. The van der Waals surface area contributed by atoms with E-state index in [0.29, 0.717) is 0 Å². The van der Waals surface area contributed by atoms with Gasteiger partial charge in [0.05, 0.1) is 10.4 Å². The van der Waals surface area contributed by atoms with E-state index in [1.165, 1.54) is 59.5 Å². The van der Waals surface area contributed by atoms with Crippen molar-refractivity contribution in [3.8, 4) is 32.8 Å². The van der Waals surface area contributed by atoms with E-state index in [-0.39, 0.29) is 5.41 Å². The first-order chi connectivity index (χ1) is 16.2. The van der Waals surface area contributed by atoms with Gasteiger partial charge >= 0.3 is 0 Å². The summed E-state index contributed by atoms with van der Waals surface area (Å²) in [7, 11) is 0. The molecule has 0 bridgehead atoms. The van der Waals surface area contributed by atoms with Gasteiger partial charge < -0.3 is 0 Å². The lowest BCUT2D eigenvalue weighted by Crippen LogP contribution is -2.11. The summed E-state index contributed by atoms with van der Waals surface area (Å²) in [5.41, 5.74) is 11.5. The molecule has 170 valence electrons. The Balaban J connectivity index is 1.50. The Hall–Kier alpha value is -3.23. The van der Waals surface area contributed by atoms with E-state index < -0.39 is 0 Å². The quantitative estimate of drug-likeness (QED) is 0.261. The molecule has 0 N–H and O–H groups in total. The van der Waals surface area contributed by atoms with Crippen LogP contribution in [0.1, 0.15) is 43.0 Å². The lowest BCUT2D eigenvalue weighted by Gasteiger charge is -2.20. The van der Waals surface area contributed by atoms with E-state index in [0.717, 1.165) is 5.69 Å². The molecule has 0 atom stereocenters. The van der Waals surface area contributed by atoms with Gasteiger partial charge in [-0.05, 0) is 89.2 Å². The van der Waals surface area contributed by atoms with Gasteiger partial charge in [-0.1, -0.05) is 74.9 Å². The second-order valence-corrected chi connectivity index (χ2v) is 11.5. The molecule has 34 heavy (non-hydrogen) atoms. The van der Waals surface area contributed by atoms with Gasteiger partial charge in [0.15, 0.2) is 0 Å². The SMILES string of the molecule is Cc1cc(-c2cc3cc(-c4ccc(-c5c(C)cccc5C)cc4)sc3cn2)cc(C(C)(C)C)c1. The minimum absolute atomic E-state index is 0.114. The Morgan fingerprint density at radius 2 is 1.38 bits per heavy atom. The molecular formula is C32H31NS. The largest absolute Gasteiger partial charge is 0.255 e. The summed E-state index contributed by atoms with van der Waals surface area (Å²) in [6.45, 7) is 13.3. The molecular weight excluding hydrogens is 430 g/mol. The molecule has 5 rings (SSSR count). The van der Waals surface area contributed by atoms with Gasteiger partial charge in [-0.15, -0.1) is 11.3 Å². The fourth-order valence-electron chi connectivity index (χ4n) is 4.68. The molecule has 0 amide bonds. The molecule has 0 fully saturated rings. The highest BCUT2D eigenvalue weighted by molar-refractivity contribution is 7.22. The summed E-state index contributed by atoms with van der Waals surface area (Å²) in [6.07, 6.45) is 2.03. The normalized spacial score (nSPS) is 11.8. The van der Waals surface area contributed by atoms with Gasteiger partial charge in [0.1, 0.15) is 0 Å². The highest BCUT2D eigenvalue weighted by atomic mass is 32.1. The molecule has 2 heterocycles. The molecule has 0 saturated heterocycles. The molecule has 2 aromatic heterocycles. The topological polar surface area (TPSA) is 12.9 Å². The third-order valence-electron chi connectivity index (χ3n) is 6.58. The van der Waals surface area contributed by atoms with E-state index in [4.69, 9.17) is 4.98 Å². The first-order valence-corrected chi connectivity index (χ1v) is 12.7. The Bertz CT molecular complexity index is 1480. The van der Waals surface area contributed by atoms with Crippen LogP contribution in [0.3, 0.4) is 0 Å². The van der Waals surface area contributed by atoms with Crippen molar-refractivity contribution >= 4 is 21.4 Å². The monoisotopic (exact) mass is 461 g/mol. The lowest BCUT2D eigenvalue weighted by molar-refractivity contribution is 0.590. The fourth-order valence-corrected chi connectivity index (χ4v) is 5.70. The molecule has 0 aliphatic rings. The molecule has 0 aliphatic carbocycles. The van der Waals surface area contributed by atoms with Gasteiger partial charge in [-0.3, -0.25) is 4.98 Å². The summed E-state index contributed by atoms with van der Waals surface area (Å²) >= 11 is 1.81. The van der Waals surface area contributed by atoms with Crippen molar-refractivity contribution in [1.82, 2.24) is 4.98 Å². The van der Waals surface area contributed by atoms with E-state index >= 15 is 0 Å². The average molecular weight is 462 g/mol. The van der Waals surface area contributed by atoms with Crippen molar-refractivity contribution in [3.05, 3.63) is 101 Å². The fraction of sp³-hybridized carbons (Fsp3) is 0.219. The number of benzene rings is 3. The summed E-state index contributed by atoms with van der Waals surface area (Å²) in [6, 6.07) is 26.9. The van der Waals surface area contributed by atoms with Crippen molar-refractivity contribution in [2.24, 2.45) is 0 Å². The second-order valence-electron chi connectivity index (χ2n) is 10.4. The van der Waals surface area contributed by atoms with Crippen LogP contribution in [0.15, 0.2) is 79.0 Å². The van der Waals surface area contributed by atoms with Crippen LogP contribution in [0.5, 0.6) is 0 Å². The molecule has 3 aromatic carbocycles. The third-order valence-corrected chi connectivity index (χ3v) is 7.72. The van der Waals surface area contributed by atoms with Crippen LogP contribution in [0.2, 0.25) is 0 Å².